The second-order valence-electron chi connectivity index (χ2n) is 4.37. The summed E-state index contributed by atoms with van der Waals surface area (Å²) < 4.78 is 0. The van der Waals surface area contributed by atoms with Crippen LogP contribution in [0.15, 0.2) is 11.6 Å². The van der Waals surface area contributed by atoms with Gasteiger partial charge in [0.1, 0.15) is 0 Å². The molecule has 1 rings (SSSR count). The van der Waals surface area contributed by atoms with Crippen molar-refractivity contribution in [3.05, 3.63) is 11.6 Å². The molecular weight excluding hydrogens is 190 g/mol. The van der Waals surface area contributed by atoms with E-state index >= 15 is 0 Å². The van der Waals surface area contributed by atoms with Crippen LogP contribution in [0.2, 0.25) is 0 Å². The Morgan fingerprint density at radius 2 is 1.73 bits per heavy atom. The lowest BCUT2D eigenvalue weighted by Crippen LogP contribution is -2.29. The first-order chi connectivity index (χ1) is 7.18. The van der Waals surface area contributed by atoms with Crippen molar-refractivity contribution in [2.24, 2.45) is 0 Å². The van der Waals surface area contributed by atoms with Gasteiger partial charge in [-0.05, 0) is 32.9 Å². The van der Waals surface area contributed by atoms with E-state index in [2.05, 4.69) is 4.90 Å². The zero-order valence-corrected chi connectivity index (χ0v) is 9.54. The summed E-state index contributed by atoms with van der Waals surface area (Å²) in [6.07, 6.45) is 7.81. The van der Waals surface area contributed by atoms with Crippen LogP contribution in [-0.4, -0.2) is 35.6 Å². The van der Waals surface area contributed by atoms with Crippen molar-refractivity contribution >= 4 is 5.97 Å². The molecule has 0 atom stereocenters. The van der Waals surface area contributed by atoms with Gasteiger partial charge in [0.15, 0.2) is 0 Å². The number of carbonyl (C=O) groups is 1. The third-order valence-corrected chi connectivity index (χ3v) is 2.79. The van der Waals surface area contributed by atoms with E-state index in [1.807, 2.05) is 6.92 Å². The lowest BCUT2D eigenvalue weighted by Gasteiger charge is -2.24. The molecule has 3 heteroatoms. The SMILES string of the molecule is CC(=CC(=O)O)CN1CCCCCCC1. The lowest BCUT2D eigenvalue weighted by atomic mass is 10.1. The summed E-state index contributed by atoms with van der Waals surface area (Å²) in [4.78, 5) is 12.8. The van der Waals surface area contributed by atoms with E-state index in [9.17, 15) is 4.79 Å². The number of hydrogen-bond acceptors (Lipinski definition) is 2. The smallest absolute Gasteiger partial charge is 0.328 e. The van der Waals surface area contributed by atoms with Crippen LogP contribution in [0.5, 0.6) is 0 Å². The first kappa shape index (κ1) is 12.2. The zero-order valence-electron chi connectivity index (χ0n) is 9.54. The first-order valence-corrected chi connectivity index (χ1v) is 5.81. The number of aliphatic carboxylic acids is 1. The highest BCUT2D eigenvalue weighted by Gasteiger charge is 2.08. The van der Waals surface area contributed by atoms with Gasteiger partial charge in [-0.1, -0.05) is 24.8 Å². The van der Waals surface area contributed by atoms with Gasteiger partial charge in [0.25, 0.3) is 0 Å². The molecule has 0 bridgehead atoms. The van der Waals surface area contributed by atoms with Gasteiger partial charge < -0.3 is 5.11 Å². The van der Waals surface area contributed by atoms with Gasteiger partial charge >= 0.3 is 5.97 Å². The molecule has 1 fully saturated rings. The number of nitrogens with zero attached hydrogens (tertiary/aromatic N) is 1. The molecule has 0 spiro atoms. The highest BCUT2D eigenvalue weighted by Crippen LogP contribution is 2.11. The summed E-state index contributed by atoms with van der Waals surface area (Å²) in [7, 11) is 0. The minimum absolute atomic E-state index is 0.812. The van der Waals surface area contributed by atoms with E-state index in [1.165, 1.54) is 38.2 Å². The fourth-order valence-corrected chi connectivity index (χ4v) is 2.08. The summed E-state index contributed by atoms with van der Waals surface area (Å²) in [6.45, 7) is 4.94. The highest BCUT2D eigenvalue weighted by molar-refractivity contribution is 5.80. The maximum Gasteiger partial charge on any atom is 0.328 e. The van der Waals surface area contributed by atoms with E-state index < -0.39 is 5.97 Å². The molecule has 1 aliphatic heterocycles. The van der Waals surface area contributed by atoms with Crippen molar-refractivity contribution in [2.45, 2.75) is 39.0 Å². The Morgan fingerprint density at radius 1 is 1.20 bits per heavy atom. The molecule has 0 aromatic heterocycles. The number of carboxylic acids is 1. The van der Waals surface area contributed by atoms with Crippen molar-refractivity contribution in [1.82, 2.24) is 4.90 Å². The highest BCUT2D eigenvalue weighted by atomic mass is 16.4. The van der Waals surface area contributed by atoms with Gasteiger partial charge in [0, 0.05) is 12.6 Å². The fourth-order valence-electron chi connectivity index (χ4n) is 2.08. The zero-order chi connectivity index (χ0) is 11.1. The molecule has 15 heavy (non-hydrogen) atoms. The van der Waals surface area contributed by atoms with Crippen LogP contribution >= 0.6 is 0 Å². The Hall–Kier alpha value is -0.830. The Kier molecular flexibility index (Phi) is 5.40. The molecule has 3 nitrogen and oxygen atoms in total. The van der Waals surface area contributed by atoms with Crippen LogP contribution in [-0.2, 0) is 4.79 Å². The average molecular weight is 211 g/mol. The van der Waals surface area contributed by atoms with E-state index in [-0.39, 0.29) is 0 Å². The van der Waals surface area contributed by atoms with Crippen LogP contribution in [0.3, 0.4) is 0 Å². The number of likely N-dealkylation sites (tertiary alicyclic amines) is 1. The second kappa shape index (κ2) is 6.62. The van der Waals surface area contributed by atoms with Gasteiger partial charge in [-0.3, -0.25) is 4.90 Å². The van der Waals surface area contributed by atoms with E-state index in [0.29, 0.717) is 0 Å². The normalized spacial score (nSPS) is 20.7. The third-order valence-electron chi connectivity index (χ3n) is 2.79. The predicted octanol–water partition coefficient (Wildman–Crippen LogP) is 2.28. The molecule has 0 saturated carbocycles. The fraction of sp³-hybridized carbons (Fsp3) is 0.750. The topological polar surface area (TPSA) is 40.5 Å². The van der Waals surface area contributed by atoms with Crippen LogP contribution < -0.4 is 0 Å². The summed E-state index contributed by atoms with van der Waals surface area (Å²) in [5.74, 6) is -0.834. The second-order valence-corrected chi connectivity index (χ2v) is 4.37. The summed E-state index contributed by atoms with van der Waals surface area (Å²) >= 11 is 0. The monoisotopic (exact) mass is 211 g/mol. The largest absolute Gasteiger partial charge is 0.478 e. The average Bonchev–Trinajstić information content (AvgIpc) is 2.08. The number of rotatable bonds is 3. The van der Waals surface area contributed by atoms with E-state index in [0.717, 1.165) is 25.2 Å². The van der Waals surface area contributed by atoms with Crippen molar-refractivity contribution < 1.29 is 9.90 Å². The molecule has 1 saturated heterocycles. The lowest BCUT2D eigenvalue weighted by molar-refractivity contribution is -0.131. The molecule has 86 valence electrons. The summed E-state index contributed by atoms with van der Waals surface area (Å²) in [5, 5.41) is 8.62. The van der Waals surface area contributed by atoms with E-state index in [1.54, 1.807) is 0 Å². The molecule has 0 aliphatic carbocycles. The first-order valence-electron chi connectivity index (χ1n) is 5.81. The minimum atomic E-state index is -0.834. The van der Waals surface area contributed by atoms with Gasteiger partial charge in [0.05, 0.1) is 0 Å². The molecule has 0 aromatic carbocycles. The van der Waals surface area contributed by atoms with Crippen molar-refractivity contribution in [3.63, 3.8) is 0 Å². The summed E-state index contributed by atoms with van der Waals surface area (Å²) in [5.41, 5.74) is 0.947. The van der Waals surface area contributed by atoms with E-state index in [4.69, 9.17) is 5.11 Å². The third kappa shape index (κ3) is 5.57. The van der Waals surface area contributed by atoms with Crippen molar-refractivity contribution in [3.8, 4) is 0 Å². The predicted molar refractivity (Wildman–Crippen MR) is 60.9 cm³/mol. The Balaban J connectivity index is 2.37. The molecule has 0 radical (unpaired) electrons. The number of hydrogen-bond donors (Lipinski definition) is 1. The molecule has 0 unspecified atom stereocenters. The molecule has 0 amide bonds. The van der Waals surface area contributed by atoms with Crippen LogP contribution in [0.25, 0.3) is 0 Å². The molecule has 1 heterocycles. The van der Waals surface area contributed by atoms with Gasteiger partial charge in [-0.2, -0.15) is 0 Å². The molecule has 1 aliphatic rings. The molecular formula is C12H21NO2. The minimum Gasteiger partial charge on any atom is -0.478 e. The maximum absolute atomic E-state index is 10.5. The van der Waals surface area contributed by atoms with Gasteiger partial charge in [0.2, 0.25) is 0 Å². The van der Waals surface area contributed by atoms with Crippen LogP contribution in [0, 0.1) is 0 Å². The standard InChI is InChI=1S/C12H21NO2/c1-11(9-12(14)15)10-13-7-5-3-2-4-6-8-13/h9H,2-8,10H2,1H3,(H,14,15). The Labute approximate surface area is 91.8 Å². The van der Waals surface area contributed by atoms with Crippen molar-refractivity contribution in [1.29, 1.82) is 0 Å². The van der Waals surface area contributed by atoms with Gasteiger partial charge in [-0.15, -0.1) is 0 Å². The van der Waals surface area contributed by atoms with Crippen LogP contribution in [0.4, 0.5) is 0 Å². The molecule has 0 aromatic rings. The molecule has 1 N–H and O–H groups in total. The quantitative estimate of drug-likeness (QED) is 0.728. The Morgan fingerprint density at radius 3 is 2.27 bits per heavy atom. The maximum atomic E-state index is 10.5. The number of carboxylic acid groups (broad SMARTS) is 1. The van der Waals surface area contributed by atoms with Crippen molar-refractivity contribution in [2.75, 3.05) is 19.6 Å². The van der Waals surface area contributed by atoms with Crippen LogP contribution in [0.1, 0.15) is 39.0 Å². The Bertz CT molecular complexity index is 228. The summed E-state index contributed by atoms with van der Waals surface area (Å²) in [6, 6.07) is 0. The van der Waals surface area contributed by atoms with Gasteiger partial charge in [-0.25, -0.2) is 4.79 Å².